The molecule has 11 heteroatoms. The SMILES string of the molecule is Cc1ccc(S(=O)(=O)OC[C@@H](O)[C@@H](O)C2OC(O)(C(=O)O)C[C@@H](O)[C@H]2C)cc1. The standard InChI is InChI=1S/C17H24O10S/c1-9-3-5-11(6-4-9)28(24,25)26-8-13(19)14(20)15-10(2)12(18)7-17(23,27-15)16(21)22/h3-6,10,12-15,18-20,23H,7-8H2,1-2H3,(H,21,22)/t10-,12-,13-,14-,15?,17?/m1/s1. The largest absolute Gasteiger partial charge is 0.477 e. The van der Waals surface area contributed by atoms with E-state index in [1.54, 1.807) is 19.1 Å². The van der Waals surface area contributed by atoms with Gasteiger partial charge in [0.25, 0.3) is 15.9 Å². The minimum Gasteiger partial charge on any atom is -0.477 e. The van der Waals surface area contributed by atoms with Crippen LogP contribution in [0, 0.1) is 12.8 Å². The topological polar surface area (TPSA) is 171 Å². The molecule has 0 radical (unpaired) electrons. The van der Waals surface area contributed by atoms with Gasteiger partial charge in [0.15, 0.2) is 0 Å². The van der Waals surface area contributed by atoms with Crippen LogP contribution in [0.5, 0.6) is 0 Å². The lowest BCUT2D eigenvalue weighted by Gasteiger charge is -2.43. The van der Waals surface area contributed by atoms with Crippen LogP contribution in [0.15, 0.2) is 29.2 Å². The predicted octanol–water partition coefficient (Wildman–Crippen LogP) is -1.02. The van der Waals surface area contributed by atoms with Crippen molar-refractivity contribution in [3.05, 3.63) is 29.8 Å². The van der Waals surface area contributed by atoms with E-state index in [-0.39, 0.29) is 4.90 Å². The summed E-state index contributed by atoms with van der Waals surface area (Å²) in [7, 11) is -4.20. The van der Waals surface area contributed by atoms with Crippen LogP contribution in [0.25, 0.3) is 0 Å². The molecule has 1 fully saturated rings. The Bertz CT molecular complexity index is 793. The molecule has 0 spiro atoms. The van der Waals surface area contributed by atoms with Crippen LogP contribution in [0.2, 0.25) is 0 Å². The van der Waals surface area contributed by atoms with Gasteiger partial charge in [0, 0.05) is 12.3 Å². The lowest BCUT2D eigenvalue weighted by molar-refractivity contribution is -0.302. The molecular formula is C17H24O10S. The summed E-state index contributed by atoms with van der Waals surface area (Å²) < 4.78 is 34.1. The molecule has 1 aliphatic rings. The molecule has 1 aromatic rings. The molecule has 28 heavy (non-hydrogen) atoms. The zero-order valence-corrected chi connectivity index (χ0v) is 16.1. The van der Waals surface area contributed by atoms with Crippen molar-refractivity contribution in [2.24, 2.45) is 5.92 Å². The summed E-state index contributed by atoms with van der Waals surface area (Å²) in [4.78, 5) is 11.0. The van der Waals surface area contributed by atoms with Gasteiger partial charge in [-0.25, -0.2) is 4.79 Å². The van der Waals surface area contributed by atoms with Crippen LogP contribution in [0.4, 0.5) is 0 Å². The van der Waals surface area contributed by atoms with Gasteiger partial charge in [-0.2, -0.15) is 8.42 Å². The molecule has 1 heterocycles. The number of benzene rings is 1. The summed E-state index contributed by atoms with van der Waals surface area (Å²) in [6.07, 6.45) is -7.06. The smallest absolute Gasteiger partial charge is 0.364 e. The van der Waals surface area contributed by atoms with E-state index in [4.69, 9.17) is 14.0 Å². The van der Waals surface area contributed by atoms with Crippen LogP contribution < -0.4 is 0 Å². The van der Waals surface area contributed by atoms with Gasteiger partial charge in [0.2, 0.25) is 0 Å². The Balaban J connectivity index is 2.07. The number of carboxylic acids is 1. The third kappa shape index (κ3) is 4.87. The van der Waals surface area contributed by atoms with Crippen molar-refractivity contribution in [3.63, 3.8) is 0 Å². The average molecular weight is 420 g/mol. The van der Waals surface area contributed by atoms with Crippen molar-refractivity contribution in [2.45, 2.75) is 55.4 Å². The Labute approximate surface area is 162 Å². The van der Waals surface area contributed by atoms with Crippen LogP contribution in [0.1, 0.15) is 18.9 Å². The first-order valence-corrected chi connectivity index (χ1v) is 9.92. The first-order chi connectivity index (χ1) is 12.9. The second kappa shape index (κ2) is 8.41. The van der Waals surface area contributed by atoms with Gasteiger partial charge < -0.3 is 30.3 Å². The van der Waals surface area contributed by atoms with Gasteiger partial charge in [0.1, 0.15) is 12.2 Å². The first-order valence-electron chi connectivity index (χ1n) is 8.51. The lowest BCUT2D eigenvalue weighted by Crippen LogP contribution is -2.60. The van der Waals surface area contributed by atoms with Crippen molar-refractivity contribution < 1.29 is 47.7 Å². The van der Waals surface area contributed by atoms with E-state index in [1.807, 2.05) is 0 Å². The Hall–Kier alpha value is -1.60. The van der Waals surface area contributed by atoms with Crippen molar-refractivity contribution in [3.8, 4) is 0 Å². The van der Waals surface area contributed by atoms with Gasteiger partial charge in [-0.1, -0.05) is 24.6 Å². The van der Waals surface area contributed by atoms with Crippen molar-refractivity contribution in [2.75, 3.05) is 6.61 Å². The third-order valence-electron chi connectivity index (χ3n) is 4.71. The highest BCUT2D eigenvalue weighted by molar-refractivity contribution is 7.86. The molecule has 2 unspecified atom stereocenters. The van der Waals surface area contributed by atoms with E-state index in [2.05, 4.69) is 0 Å². The lowest BCUT2D eigenvalue weighted by atomic mass is 9.85. The molecule has 10 nitrogen and oxygen atoms in total. The number of aliphatic hydroxyl groups is 4. The number of carbonyl (C=O) groups is 1. The second-order valence-corrected chi connectivity index (χ2v) is 8.53. The van der Waals surface area contributed by atoms with E-state index in [1.165, 1.54) is 19.1 Å². The van der Waals surface area contributed by atoms with Gasteiger partial charge in [-0.15, -0.1) is 0 Å². The van der Waals surface area contributed by atoms with Crippen LogP contribution in [0.3, 0.4) is 0 Å². The molecule has 0 aromatic heterocycles. The zero-order valence-electron chi connectivity index (χ0n) is 15.3. The van der Waals surface area contributed by atoms with E-state index < -0.39 is 65.2 Å². The minimum absolute atomic E-state index is 0.141. The summed E-state index contributed by atoms with van der Waals surface area (Å²) in [5, 5.41) is 49.4. The molecule has 0 saturated carbocycles. The van der Waals surface area contributed by atoms with Crippen LogP contribution >= 0.6 is 0 Å². The van der Waals surface area contributed by atoms with Crippen molar-refractivity contribution in [1.29, 1.82) is 0 Å². The van der Waals surface area contributed by atoms with Crippen molar-refractivity contribution >= 4 is 16.1 Å². The molecule has 1 aromatic carbocycles. The summed E-state index contributed by atoms with van der Waals surface area (Å²) in [6, 6.07) is 5.77. The monoisotopic (exact) mass is 420 g/mol. The quantitative estimate of drug-likeness (QED) is 0.344. The number of aliphatic hydroxyl groups excluding tert-OH is 3. The molecule has 0 bridgehead atoms. The number of aryl methyl sites for hydroxylation is 1. The summed E-state index contributed by atoms with van der Waals surface area (Å²) in [5.74, 6) is -5.35. The molecule has 5 N–H and O–H groups in total. The average Bonchev–Trinajstić information content (AvgIpc) is 2.62. The highest BCUT2D eigenvalue weighted by Crippen LogP contribution is 2.34. The maximum atomic E-state index is 12.2. The molecular weight excluding hydrogens is 396 g/mol. The van der Waals surface area contributed by atoms with Gasteiger partial charge in [-0.3, -0.25) is 4.18 Å². The van der Waals surface area contributed by atoms with Gasteiger partial charge in [-0.05, 0) is 19.1 Å². The van der Waals surface area contributed by atoms with Crippen LogP contribution in [-0.2, 0) is 23.8 Å². The molecule has 0 amide bonds. The Morgan fingerprint density at radius 2 is 1.89 bits per heavy atom. The summed E-state index contributed by atoms with van der Waals surface area (Å²) in [6.45, 7) is 2.36. The van der Waals surface area contributed by atoms with E-state index in [9.17, 15) is 33.6 Å². The fraction of sp³-hybridized carbons (Fsp3) is 0.588. The highest BCUT2D eigenvalue weighted by atomic mass is 32.2. The van der Waals surface area contributed by atoms with E-state index in [0.29, 0.717) is 0 Å². The summed E-state index contributed by atoms with van der Waals surface area (Å²) >= 11 is 0. The first kappa shape index (κ1) is 22.7. The van der Waals surface area contributed by atoms with Gasteiger partial charge in [0.05, 0.1) is 23.7 Å². The predicted molar refractivity (Wildman–Crippen MR) is 93.6 cm³/mol. The zero-order chi connectivity index (χ0) is 21.3. The highest BCUT2D eigenvalue weighted by Gasteiger charge is 2.52. The number of aliphatic carboxylic acids is 1. The maximum Gasteiger partial charge on any atom is 0.364 e. The van der Waals surface area contributed by atoms with Crippen LogP contribution in [-0.4, -0.2) is 76.7 Å². The molecule has 1 saturated heterocycles. The van der Waals surface area contributed by atoms with Gasteiger partial charge >= 0.3 is 5.97 Å². The third-order valence-corrected chi connectivity index (χ3v) is 6.01. The Morgan fingerprint density at radius 3 is 2.43 bits per heavy atom. The van der Waals surface area contributed by atoms with Crippen molar-refractivity contribution in [1.82, 2.24) is 0 Å². The number of hydrogen-bond acceptors (Lipinski definition) is 9. The Kier molecular flexibility index (Phi) is 6.82. The molecule has 158 valence electrons. The Morgan fingerprint density at radius 1 is 1.32 bits per heavy atom. The van der Waals surface area contributed by atoms with E-state index >= 15 is 0 Å². The maximum absolute atomic E-state index is 12.2. The molecule has 6 atom stereocenters. The van der Waals surface area contributed by atoms with E-state index in [0.717, 1.165) is 5.56 Å². The number of ether oxygens (including phenoxy) is 1. The number of rotatable bonds is 7. The fourth-order valence-corrected chi connectivity index (χ4v) is 3.76. The molecule has 0 aliphatic carbocycles. The fourth-order valence-electron chi connectivity index (χ4n) is 2.84. The molecule has 2 rings (SSSR count). The number of carboxylic acid groups (broad SMARTS) is 1. The number of hydrogen-bond donors (Lipinski definition) is 5. The molecule has 1 aliphatic heterocycles. The second-order valence-electron chi connectivity index (χ2n) is 6.91. The normalized spacial score (nSPS) is 30.6. The summed E-state index contributed by atoms with van der Waals surface area (Å²) in [5.41, 5.74) is 0.835. The minimum atomic E-state index is -4.20.